The highest BCUT2D eigenvalue weighted by Gasteiger charge is 2.25. The number of benzene rings is 1. The number of halogens is 2. The zero-order chi connectivity index (χ0) is 21.3. The summed E-state index contributed by atoms with van der Waals surface area (Å²) in [4.78, 5) is 12.9. The molecule has 0 saturated carbocycles. The first-order valence-corrected chi connectivity index (χ1v) is 10.8. The number of nitrogens with one attached hydrogen (secondary N) is 2. The van der Waals surface area contributed by atoms with Gasteiger partial charge in [0.15, 0.2) is 17.6 Å². The lowest BCUT2D eigenvalue weighted by Gasteiger charge is -2.20. The summed E-state index contributed by atoms with van der Waals surface area (Å²) in [6.45, 7) is 9.68. The third-order valence-corrected chi connectivity index (χ3v) is 5.57. The molecule has 1 aliphatic rings. The molecule has 3 rings (SSSR count). The van der Waals surface area contributed by atoms with Crippen molar-refractivity contribution in [2.45, 2.75) is 39.4 Å². The van der Waals surface area contributed by atoms with E-state index in [4.69, 9.17) is 0 Å². The van der Waals surface area contributed by atoms with Crippen molar-refractivity contribution in [2.75, 3.05) is 38.1 Å². The molecule has 1 aromatic heterocycles. The van der Waals surface area contributed by atoms with Gasteiger partial charge in [0.2, 0.25) is 0 Å². The van der Waals surface area contributed by atoms with Gasteiger partial charge in [0.25, 0.3) is 0 Å². The molecule has 2 heterocycles. The van der Waals surface area contributed by atoms with Crippen LogP contribution in [0.3, 0.4) is 0 Å². The van der Waals surface area contributed by atoms with Crippen LogP contribution in [-0.4, -0.2) is 55.1 Å². The van der Waals surface area contributed by atoms with E-state index >= 15 is 0 Å². The molecule has 6 nitrogen and oxygen atoms in total. The summed E-state index contributed by atoms with van der Waals surface area (Å²) in [5.41, 5.74) is 2.54. The quantitative estimate of drug-likeness (QED) is 0.305. The number of aliphatic imine (C=N–C) groups is 1. The molecule has 1 aromatic carbocycles. The van der Waals surface area contributed by atoms with Crippen molar-refractivity contribution in [3.63, 3.8) is 0 Å². The Bertz CT molecular complexity index is 825. The monoisotopic (exact) mass is 540 g/mol. The number of nitrogens with zero attached hydrogens (tertiary/aromatic N) is 4. The summed E-state index contributed by atoms with van der Waals surface area (Å²) < 4.78 is 14.0. The Morgan fingerprint density at radius 2 is 1.90 bits per heavy atom. The van der Waals surface area contributed by atoms with Gasteiger partial charge in [-0.1, -0.05) is 38.1 Å². The fourth-order valence-corrected chi connectivity index (χ4v) is 3.72. The van der Waals surface area contributed by atoms with Crippen molar-refractivity contribution in [1.29, 1.82) is 0 Å². The molecule has 1 atom stereocenters. The Labute approximate surface area is 202 Å². The normalized spacial score (nSPS) is 16.4. The smallest absolute Gasteiger partial charge is 0.191 e. The highest BCUT2D eigenvalue weighted by atomic mass is 127. The van der Waals surface area contributed by atoms with Crippen molar-refractivity contribution >= 4 is 35.8 Å². The van der Waals surface area contributed by atoms with Crippen molar-refractivity contribution in [1.82, 2.24) is 20.5 Å². The number of hydrogen-bond acceptors (Lipinski definition) is 4. The highest BCUT2D eigenvalue weighted by molar-refractivity contribution is 14.0. The third kappa shape index (κ3) is 7.31. The fraction of sp³-hybridized carbons (Fsp3) is 0.478. The van der Waals surface area contributed by atoms with Crippen LogP contribution in [-0.2, 0) is 13.1 Å². The van der Waals surface area contributed by atoms with Gasteiger partial charge in [0, 0.05) is 45.5 Å². The van der Waals surface area contributed by atoms with Crippen LogP contribution < -0.4 is 15.5 Å². The summed E-state index contributed by atoms with van der Waals surface area (Å²) in [5, 5.41) is 6.83. The molecule has 1 unspecified atom stereocenters. The molecule has 170 valence electrons. The maximum Gasteiger partial charge on any atom is 0.191 e. The summed E-state index contributed by atoms with van der Waals surface area (Å²) in [6, 6.07) is 12.0. The average Bonchev–Trinajstić information content (AvgIpc) is 3.24. The van der Waals surface area contributed by atoms with Gasteiger partial charge in [-0.15, -0.1) is 24.0 Å². The number of aromatic nitrogens is 1. The van der Waals surface area contributed by atoms with E-state index in [2.05, 4.69) is 63.6 Å². The van der Waals surface area contributed by atoms with E-state index in [1.807, 2.05) is 4.90 Å². The van der Waals surface area contributed by atoms with Gasteiger partial charge in [-0.2, -0.15) is 0 Å². The Kier molecular flexibility index (Phi) is 10.5. The summed E-state index contributed by atoms with van der Waals surface area (Å²) in [6.07, 6.45) is 2.55. The molecule has 0 amide bonds. The van der Waals surface area contributed by atoms with E-state index in [0.29, 0.717) is 18.9 Å². The highest BCUT2D eigenvalue weighted by Crippen LogP contribution is 2.20. The molecule has 2 aromatic rings. The number of guanidine groups is 1. The average molecular weight is 540 g/mol. The molecule has 1 aliphatic heterocycles. The molecule has 1 fully saturated rings. The minimum Gasteiger partial charge on any atom is -0.352 e. The molecule has 0 aliphatic carbocycles. The van der Waals surface area contributed by atoms with Crippen LogP contribution in [0.5, 0.6) is 0 Å². The van der Waals surface area contributed by atoms with E-state index in [1.54, 1.807) is 19.3 Å². The van der Waals surface area contributed by atoms with Crippen LogP contribution in [0, 0.1) is 5.82 Å². The first-order chi connectivity index (χ1) is 14.6. The Morgan fingerprint density at radius 3 is 2.55 bits per heavy atom. The van der Waals surface area contributed by atoms with Gasteiger partial charge in [-0.3, -0.25) is 9.89 Å². The van der Waals surface area contributed by atoms with E-state index in [9.17, 15) is 4.39 Å². The lowest BCUT2D eigenvalue weighted by atomic mass is 10.1. The lowest BCUT2D eigenvalue weighted by molar-refractivity contribution is 0.296. The first-order valence-electron chi connectivity index (χ1n) is 10.8. The van der Waals surface area contributed by atoms with Crippen molar-refractivity contribution in [3.8, 4) is 0 Å². The van der Waals surface area contributed by atoms with Crippen LogP contribution in [0.2, 0.25) is 0 Å². The summed E-state index contributed by atoms with van der Waals surface area (Å²) in [5.74, 6) is 0.912. The molecular formula is C23H34FIN6. The number of hydrogen-bond donors (Lipinski definition) is 2. The second-order valence-corrected chi connectivity index (χ2v) is 7.59. The zero-order valence-corrected chi connectivity index (χ0v) is 21.0. The molecule has 31 heavy (non-hydrogen) atoms. The van der Waals surface area contributed by atoms with E-state index in [1.165, 1.54) is 17.2 Å². The van der Waals surface area contributed by atoms with Crippen molar-refractivity contribution in [3.05, 3.63) is 59.5 Å². The van der Waals surface area contributed by atoms with E-state index in [0.717, 1.165) is 38.6 Å². The van der Waals surface area contributed by atoms with Crippen molar-refractivity contribution in [2.24, 2.45) is 4.99 Å². The van der Waals surface area contributed by atoms with Gasteiger partial charge in [0.1, 0.15) is 0 Å². The van der Waals surface area contributed by atoms with E-state index < -0.39 is 0 Å². The predicted octanol–water partition coefficient (Wildman–Crippen LogP) is 3.62. The topological polar surface area (TPSA) is 55.8 Å². The number of pyridine rings is 1. The predicted molar refractivity (Wildman–Crippen MR) is 137 cm³/mol. The number of rotatable bonds is 8. The minimum atomic E-state index is -0.273. The van der Waals surface area contributed by atoms with E-state index in [-0.39, 0.29) is 35.8 Å². The molecular weight excluding hydrogens is 506 g/mol. The second-order valence-electron chi connectivity index (χ2n) is 7.59. The van der Waals surface area contributed by atoms with Gasteiger partial charge >= 0.3 is 0 Å². The van der Waals surface area contributed by atoms with Gasteiger partial charge in [-0.25, -0.2) is 9.37 Å². The minimum absolute atomic E-state index is 0. The van der Waals surface area contributed by atoms with Crippen LogP contribution in [0.15, 0.2) is 47.6 Å². The fourth-order valence-electron chi connectivity index (χ4n) is 3.72. The van der Waals surface area contributed by atoms with Gasteiger partial charge in [-0.05, 0) is 42.8 Å². The Balaban J connectivity index is 0.00000341. The van der Waals surface area contributed by atoms with Crippen LogP contribution >= 0.6 is 24.0 Å². The molecule has 8 heteroatoms. The zero-order valence-electron chi connectivity index (χ0n) is 18.6. The SMILES string of the molecule is CCN(CC)Cc1ccc(CNC(=NC)NC2CCN(c3ncccc3F)C2)cc1.I. The summed E-state index contributed by atoms with van der Waals surface area (Å²) >= 11 is 0. The van der Waals surface area contributed by atoms with Crippen LogP contribution in [0.25, 0.3) is 0 Å². The maximum absolute atomic E-state index is 14.0. The van der Waals surface area contributed by atoms with Gasteiger partial charge < -0.3 is 15.5 Å². The molecule has 0 spiro atoms. The lowest BCUT2D eigenvalue weighted by Crippen LogP contribution is -2.44. The molecule has 2 N–H and O–H groups in total. The number of anilines is 1. The van der Waals surface area contributed by atoms with Gasteiger partial charge in [0.05, 0.1) is 0 Å². The summed E-state index contributed by atoms with van der Waals surface area (Å²) in [7, 11) is 1.77. The third-order valence-electron chi connectivity index (χ3n) is 5.57. The van der Waals surface area contributed by atoms with Crippen LogP contribution in [0.4, 0.5) is 10.2 Å². The first kappa shape index (κ1) is 25.3. The second kappa shape index (κ2) is 12.8. The largest absolute Gasteiger partial charge is 0.352 e. The Hall–Kier alpha value is -1.94. The Morgan fingerprint density at radius 1 is 1.19 bits per heavy atom. The van der Waals surface area contributed by atoms with Crippen LogP contribution in [0.1, 0.15) is 31.4 Å². The standard InChI is InChI=1S/C23H33FN6.HI/c1-4-29(5-2)16-19-10-8-18(9-11-19)15-27-23(25-3)28-20-12-14-30(17-20)22-21(24)7-6-13-26-22;/h6-11,13,20H,4-5,12,14-17H2,1-3H3,(H2,25,27,28);1H. The van der Waals surface area contributed by atoms with Crippen molar-refractivity contribution < 1.29 is 4.39 Å². The maximum atomic E-state index is 14.0. The molecule has 0 radical (unpaired) electrons. The molecule has 0 bridgehead atoms. The molecule has 1 saturated heterocycles.